The van der Waals surface area contributed by atoms with Gasteiger partial charge in [0.2, 0.25) is 5.28 Å². The monoisotopic (exact) mass is 265 g/mol. The van der Waals surface area contributed by atoms with E-state index in [0.717, 1.165) is 31.0 Å². The Hall–Kier alpha value is -1.55. The first kappa shape index (κ1) is 12.9. The van der Waals surface area contributed by atoms with E-state index < -0.39 is 0 Å². The number of aromatic nitrogens is 3. The van der Waals surface area contributed by atoms with Crippen molar-refractivity contribution in [1.29, 1.82) is 0 Å². The summed E-state index contributed by atoms with van der Waals surface area (Å²) in [5.41, 5.74) is 1.21. The standard InChI is InChI=1S/C13H16ClN3O/c1-3-12-15-16-13(14)17(12)8-7-10-5-4-6-11(9-10)18-2/h4-6,9H,3,7-8H2,1-2H3. The molecule has 0 aliphatic carbocycles. The summed E-state index contributed by atoms with van der Waals surface area (Å²) in [4.78, 5) is 0. The maximum atomic E-state index is 6.01. The Balaban J connectivity index is 2.08. The van der Waals surface area contributed by atoms with Gasteiger partial charge in [-0.2, -0.15) is 0 Å². The molecule has 0 atom stereocenters. The number of halogens is 1. The Morgan fingerprint density at radius 3 is 2.89 bits per heavy atom. The van der Waals surface area contributed by atoms with Crippen LogP contribution in [-0.2, 0) is 19.4 Å². The summed E-state index contributed by atoms with van der Waals surface area (Å²) in [7, 11) is 1.67. The summed E-state index contributed by atoms with van der Waals surface area (Å²) < 4.78 is 7.15. The third kappa shape index (κ3) is 2.82. The molecule has 1 heterocycles. The number of nitrogens with zero attached hydrogens (tertiary/aromatic N) is 3. The molecule has 5 heteroatoms. The van der Waals surface area contributed by atoms with Crippen molar-refractivity contribution in [3.63, 3.8) is 0 Å². The van der Waals surface area contributed by atoms with E-state index in [4.69, 9.17) is 16.3 Å². The molecular formula is C13H16ClN3O. The van der Waals surface area contributed by atoms with Crippen LogP contribution >= 0.6 is 11.6 Å². The molecule has 0 aliphatic heterocycles. The lowest BCUT2D eigenvalue weighted by Crippen LogP contribution is -2.06. The first-order valence-corrected chi connectivity index (χ1v) is 6.33. The molecule has 18 heavy (non-hydrogen) atoms. The van der Waals surface area contributed by atoms with E-state index >= 15 is 0 Å². The first-order valence-electron chi connectivity index (χ1n) is 5.95. The Morgan fingerprint density at radius 2 is 2.17 bits per heavy atom. The fourth-order valence-corrected chi connectivity index (χ4v) is 2.09. The third-order valence-corrected chi connectivity index (χ3v) is 3.14. The predicted molar refractivity (Wildman–Crippen MR) is 71.1 cm³/mol. The van der Waals surface area contributed by atoms with Crippen LogP contribution in [0.3, 0.4) is 0 Å². The van der Waals surface area contributed by atoms with Gasteiger partial charge >= 0.3 is 0 Å². The molecule has 0 N–H and O–H groups in total. The van der Waals surface area contributed by atoms with Crippen LogP contribution in [0.25, 0.3) is 0 Å². The van der Waals surface area contributed by atoms with Gasteiger partial charge in [0, 0.05) is 13.0 Å². The SMILES string of the molecule is CCc1nnc(Cl)n1CCc1cccc(OC)c1. The van der Waals surface area contributed by atoms with Crippen LogP contribution in [0.1, 0.15) is 18.3 Å². The van der Waals surface area contributed by atoms with Crippen molar-refractivity contribution < 1.29 is 4.74 Å². The summed E-state index contributed by atoms with van der Waals surface area (Å²) in [5, 5.41) is 8.38. The van der Waals surface area contributed by atoms with Gasteiger partial charge in [0.05, 0.1) is 7.11 Å². The summed E-state index contributed by atoms with van der Waals surface area (Å²) in [6.45, 7) is 2.82. The van der Waals surface area contributed by atoms with Crippen LogP contribution in [0.15, 0.2) is 24.3 Å². The van der Waals surface area contributed by atoms with Crippen molar-refractivity contribution in [3.8, 4) is 5.75 Å². The number of aryl methyl sites for hydroxylation is 2. The number of methoxy groups -OCH3 is 1. The molecule has 96 valence electrons. The van der Waals surface area contributed by atoms with Gasteiger partial charge in [-0.1, -0.05) is 19.1 Å². The lowest BCUT2D eigenvalue weighted by atomic mass is 10.1. The number of ether oxygens (including phenoxy) is 1. The maximum absolute atomic E-state index is 6.01. The van der Waals surface area contributed by atoms with E-state index in [1.165, 1.54) is 5.56 Å². The van der Waals surface area contributed by atoms with Crippen molar-refractivity contribution in [2.75, 3.05) is 7.11 Å². The molecule has 4 nitrogen and oxygen atoms in total. The molecule has 1 aromatic carbocycles. The Kier molecular flexibility index (Phi) is 4.20. The molecule has 2 aromatic rings. The summed E-state index contributed by atoms with van der Waals surface area (Å²) in [6.07, 6.45) is 1.71. The van der Waals surface area contributed by atoms with Crippen molar-refractivity contribution in [1.82, 2.24) is 14.8 Å². The van der Waals surface area contributed by atoms with Crippen LogP contribution < -0.4 is 4.74 Å². The molecule has 2 rings (SSSR count). The summed E-state index contributed by atoms with van der Waals surface area (Å²) >= 11 is 6.01. The Bertz CT molecular complexity index is 525. The Labute approximate surface area is 112 Å². The van der Waals surface area contributed by atoms with Crippen LogP contribution in [0.2, 0.25) is 5.28 Å². The molecule has 0 amide bonds. The van der Waals surface area contributed by atoms with Gasteiger partial charge in [-0.25, -0.2) is 0 Å². The predicted octanol–water partition coefficient (Wildman–Crippen LogP) is 2.75. The largest absolute Gasteiger partial charge is 0.497 e. The van der Waals surface area contributed by atoms with E-state index in [2.05, 4.69) is 16.3 Å². The highest BCUT2D eigenvalue weighted by atomic mass is 35.5. The van der Waals surface area contributed by atoms with Gasteiger partial charge in [-0.3, -0.25) is 0 Å². The van der Waals surface area contributed by atoms with Gasteiger partial charge in [0.25, 0.3) is 0 Å². The zero-order chi connectivity index (χ0) is 13.0. The van der Waals surface area contributed by atoms with E-state index in [0.29, 0.717) is 5.28 Å². The van der Waals surface area contributed by atoms with Gasteiger partial charge < -0.3 is 9.30 Å². The van der Waals surface area contributed by atoms with E-state index in [-0.39, 0.29) is 0 Å². The minimum atomic E-state index is 0.453. The molecule has 0 spiro atoms. The summed E-state index contributed by atoms with van der Waals surface area (Å²) in [6, 6.07) is 8.03. The van der Waals surface area contributed by atoms with E-state index in [9.17, 15) is 0 Å². The second kappa shape index (κ2) is 5.87. The highest BCUT2D eigenvalue weighted by Crippen LogP contribution is 2.15. The average Bonchev–Trinajstić information content (AvgIpc) is 2.77. The third-order valence-electron chi connectivity index (χ3n) is 2.86. The van der Waals surface area contributed by atoms with Crippen LogP contribution in [-0.4, -0.2) is 21.9 Å². The highest BCUT2D eigenvalue weighted by Gasteiger charge is 2.08. The number of rotatable bonds is 5. The molecule has 0 radical (unpaired) electrons. The Morgan fingerprint density at radius 1 is 1.33 bits per heavy atom. The van der Waals surface area contributed by atoms with Crippen LogP contribution in [0.5, 0.6) is 5.75 Å². The maximum Gasteiger partial charge on any atom is 0.225 e. The average molecular weight is 266 g/mol. The lowest BCUT2D eigenvalue weighted by Gasteiger charge is -2.07. The number of benzene rings is 1. The molecule has 0 fully saturated rings. The van der Waals surface area contributed by atoms with Crippen molar-refractivity contribution in [2.24, 2.45) is 0 Å². The molecule has 1 aromatic heterocycles. The van der Waals surface area contributed by atoms with E-state index in [1.54, 1.807) is 7.11 Å². The highest BCUT2D eigenvalue weighted by molar-refractivity contribution is 6.28. The minimum absolute atomic E-state index is 0.453. The van der Waals surface area contributed by atoms with Gasteiger partial charge in [-0.15, -0.1) is 10.2 Å². The number of hydrogen-bond donors (Lipinski definition) is 0. The second-order valence-electron chi connectivity index (χ2n) is 3.99. The number of hydrogen-bond acceptors (Lipinski definition) is 3. The second-order valence-corrected chi connectivity index (χ2v) is 4.33. The topological polar surface area (TPSA) is 39.9 Å². The van der Waals surface area contributed by atoms with Crippen LogP contribution in [0.4, 0.5) is 0 Å². The fraction of sp³-hybridized carbons (Fsp3) is 0.385. The van der Waals surface area contributed by atoms with Crippen LogP contribution in [0, 0.1) is 0 Å². The van der Waals surface area contributed by atoms with Gasteiger partial charge in [0.1, 0.15) is 11.6 Å². The minimum Gasteiger partial charge on any atom is -0.497 e. The van der Waals surface area contributed by atoms with Crippen molar-refractivity contribution in [3.05, 3.63) is 40.9 Å². The molecule has 0 bridgehead atoms. The van der Waals surface area contributed by atoms with Crippen molar-refractivity contribution >= 4 is 11.6 Å². The molecule has 0 saturated carbocycles. The van der Waals surface area contributed by atoms with Gasteiger partial charge in [0.15, 0.2) is 0 Å². The molecule has 0 aliphatic rings. The smallest absolute Gasteiger partial charge is 0.225 e. The first-order chi connectivity index (χ1) is 8.74. The normalized spacial score (nSPS) is 10.6. The van der Waals surface area contributed by atoms with E-state index in [1.807, 2.05) is 29.7 Å². The zero-order valence-electron chi connectivity index (χ0n) is 10.6. The molecular weight excluding hydrogens is 250 g/mol. The molecule has 0 unspecified atom stereocenters. The zero-order valence-corrected chi connectivity index (χ0v) is 11.3. The summed E-state index contributed by atoms with van der Waals surface area (Å²) in [5.74, 6) is 1.79. The van der Waals surface area contributed by atoms with Gasteiger partial charge in [-0.05, 0) is 35.7 Å². The fourth-order valence-electron chi connectivity index (χ4n) is 1.87. The lowest BCUT2D eigenvalue weighted by molar-refractivity contribution is 0.414. The van der Waals surface area contributed by atoms with Crippen molar-refractivity contribution in [2.45, 2.75) is 26.3 Å². The molecule has 0 saturated heterocycles. The quantitative estimate of drug-likeness (QED) is 0.835.